The zero-order valence-corrected chi connectivity index (χ0v) is 27.0. The van der Waals surface area contributed by atoms with Crippen molar-refractivity contribution in [2.75, 3.05) is 17.1 Å². The molecule has 10 heteroatoms. The molecule has 1 N–H and O–H groups in total. The van der Waals surface area contributed by atoms with Gasteiger partial charge in [-0.3, -0.25) is 13.9 Å². The number of nitrogens with zero attached hydrogens (tertiary/aromatic N) is 2. The van der Waals surface area contributed by atoms with Crippen LogP contribution in [0.3, 0.4) is 0 Å². The average Bonchev–Trinajstić information content (AvgIpc) is 3.47. The van der Waals surface area contributed by atoms with Crippen LogP contribution in [0.25, 0.3) is 0 Å². The first kappa shape index (κ1) is 32.8. The summed E-state index contributed by atoms with van der Waals surface area (Å²) in [6.07, 6.45) is 5.75. The number of benzene rings is 3. The molecule has 4 rings (SSSR count). The number of rotatable bonds is 13. The van der Waals surface area contributed by atoms with E-state index in [0.29, 0.717) is 11.4 Å². The van der Waals surface area contributed by atoms with Crippen molar-refractivity contribution in [3.63, 3.8) is 0 Å². The molecule has 2 amide bonds. The van der Waals surface area contributed by atoms with Crippen LogP contribution in [-0.4, -0.2) is 50.0 Å². The minimum Gasteiger partial charge on any atom is -0.352 e. The first-order chi connectivity index (χ1) is 20.5. The topological polar surface area (TPSA) is 86.8 Å². The lowest BCUT2D eigenvalue weighted by Gasteiger charge is -2.33. The van der Waals surface area contributed by atoms with E-state index in [-0.39, 0.29) is 54.5 Å². The molecule has 7 nitrogen and oxygen atoms in total. The van der Waals surface area contributed by atoms with Gasteiger partial charge in [0.2, 0.25) is 21.8 Å². The third-order valence-corrected chi connectivity index (χ3v) is 9.47. The molecule has 43 heavy (non-hydrogen) atoms. The van der Waals surface area contributed by atoms with Crippen LogP contribution in [0.15, 0.2) is 72.8 Å². The lowest BCUT2D eigenvalue weighted by Crippen LogP contribution is -2.52. The molecule has 1 unspecified atom stereocenters. The molecule has 1 aliphatic carbocycles. The lowest BCUT2D eigenvalue weighted by atomic mass is 10.0. The molecule has 0 aliphatic heterocycles. The van der Waals surface area contributed by atoms with E-state index in [0.717, 1.165) is 48.6 Å². The van der Waals surface area contributed by atoms with Crippen LogP contribution in [0.5, 0.6) is 0 Å². The fourth-order valence-electron chi connectivity index (χ4n) is 5.59. The van der Waals surface area contributed by atoms with Gasteiger partial charge in [0.25, 0.3) is 0 Å². The highest BCUT2D eigenvalue weighted by molar-refractivity contribution is 7.92. The van der Waals surface area contributed by atoms with E-state index < -0.39 is 16.1 Å². The largest absolute Gasteiger partial charge is 0.352 e. The molecule has 3 aromatic rings. The quantitative estimate of drug-likeness (QED) is 0.229. The second kappa shape index (κ2) is 15.1. The standard InChI is InChI=1S/C33H39Cl2N3O4S/c1-24-10-8-13-26(20-24)23-37(31(21-25-11-4-3-5-12-25)33(40)36-28-14-6-7-15-28)32(39)16-9-19-38(43(2,41)42)30-22-27(34)17-18-29(30)35/h3-5,8,10-13,17-18,20,22,28,31H,6-7,9,14-16,19,21,23H2,1-2H3,(H,36,40). The summed E-state index contributed by atoms with van der Waals surface area (Å²) in [5, 5.41) is 3.81. The first-order valence-corrected chi connectivity index (χ1v) is 17.2. The number of sulfonamides is 1. The van der Waals surface area contributed by atoms with E-state index in [1.54, 1.807) is 17.0 Å². The van der Waals surface area contributed by atoms with Gasteiger partial charge in [0.05, 0.1) is 17.0 Å². The zero-order valence-electron chi connectivity index (χ0n) is 24.6. The number of hydrogen-bond donors (Lipinski definition) is 1. The van der Waals surface area contributed by atoms with Gasteiger partial charge < -0.3 is 10.2 Å². The van der Waals surface area contributed by atoms with Crippen LogP contribution in [-0.2, 0) is 32.6 Å². The van der Waals surface area contributed by atoms with E-state index in [9.17, 15) is 18.0 Å². The molecular formula is C33H39Cl2N3O4S. The van der Waals surface area contributed by atoms with E-state index in [4.69, 9.17) is 23.2 Å². The molecule has 230 valence electrons. The van der Waals surface area contributed by atoms with Gasteiger partial charge in [-0.15, -0.1) is 0 Å². The SMILES string of the molecule is Cc1cccc(CN(C(=O)CCCN(c2cc(Cl)ccc2Cl)S(C)(=O)=O)C(Cc2ccccc2)C(=O)NC2CCCC2)c1. The summed E-state index contributed by atoms with van der Waals surface area (Å²) in [6, 6.07) is 21.6. The maximum atomic E-state index is 14.0. The normalized spacial score (nSPS) is 14.3. The van der Waals surface area contributed by atoms with Crippen molar-refractivity contribution in [3.05, 3.63) is 99.5 Å². The van der Waals surface area contributed by atoms with Gasteiger partial charge in [-0.25, -0.2) is 8.42 Å². The Hall–Kier alpha value is -3.07. The number of hydrogen-bond acceptors (Lipinski definition) is 4. The van der Waals surface area contributed by atoms with Crippen molar-refractivity contribution >= 4 is 50.7 Å². The Kier molecular flexibility index (Phi) is 11.5. The molecule has 0 bridgehead atoms. The molecule has 1 fully saturated rings. The summed E-state index contributed by atoms with van der Waals surface area (Å²) >= 11 is 12.5. The second-order valence-corrected chi connectivity index (χ2v) is 14.0. The monoisotopic (exact) mass is 643 g/mol. The van der Waals surface area contributed by atoms with Gasteiger partial charge >= 0.3 is 0 Å². The Labute approximate surface area is 265 Å². The van der Waals surface area contributed by atoms with Gasteiger partial charge in [-0.05, 0) is 55.5 Å². The minimum absolute atomic E-state index is 0.0283. The van der Waals surface area contributed by atoms with E-state index >= 15 is 0 Å². The first-order valence-electron chi connectivity index (χ1n) is 14.6. The molecule has 1 atom stereocenters. The summed E-state index contributed by atoms with van der Waals surface area (Å²) in [4.78, 5) is 29.5. The summed E-state index contributed by atoms with van der Waals surface area (Å²) in [5.74, 6) is -0.394. The van der Waals surface area contributed by atoms with E-state index in [2.05, 4.69) is 5.32 Å². The van der Waals surface area contributed by atoms with Crippen LogP contribution in [0.1, 0.15) is 55.2 Å². The lowest BCUT2D eigenvalue weighted by molar-refractivity contribution is -0.141. The van der Waals surface area contributed by atoms with Crippen molar-refractivity contribution in [1.82, 2.24) is 10.2 Å². The van der Waals surface area contributed by atoms with Gasteiger partial charge in [-0.2, -0.15) is 0 Å². The highest BCUT2D eigenvalue weighted by Crippen LogP contribution is 2.31. The highest BCUT2D eigenvalue weighted by Gasteiger charge is 2.32. The maximum Gasteiger partial charge on any atom is 0.243 e. The minimum atomic E-state index is -3.71. The number of carbonyl (C=O) groups excluding carboxylic acids is 2. The molecule has 0 radical (unpaired) electrons. The van der Waals surface area contributed by atoms with Crippen LogP contribution in [0.2, 0.25) is 10.0 Å². The number of nitrogens with one attached hydrogen (secondary N) is 1. The third kappa shape index (κ3) is 9.46. The van der Waals surface area contributed by atoms with Crippen LogP contribution in [0, 0.1) is 6.92 Å². The van der Waals surface area contributed by atoms with Crippen molar-refractivity contribution < 1.29 is 18.0 Å². The fourth-order valence-corrected chi connectivity index (χ4v) is 6.99. The van der Waals surface area contributed by atoms with E-state index in [1.165, 1.54) is 10.4 Å². The number of amides is 2. The predicted octanol–water partition coefficient (Wildman–Crippen LogP) is 6.55. The predicted molar refractivity (Wildman–Crippen MR) is 174 cm³/mol. The van der Waals surface area contributed by atoms with Crippen LogP contribution in [0.4, 0.5) is 5.69 Å². The Morgan fingerprint density at radius 1 is 0.953 bits per heavy atom. The smallest absolute Gasteiger partial charge is 0.243 e. The van der Waals surface area contributed by atoms with Gasteiger partial charge in [-0.1, -0.05) is 96.2 Å². The molecular weight excluding hydrogens is 605 g/mol. The van der Waals surface area contributed by atoms with Gasteiger partial charge in [0.15, 0.2) is 0 Å². The van der Waals surface area contributed by atoms with Crippen molar-refractivity contribution in [2.24, 2.45) is 0 Å². The van der Waals surface area contributed by atoms with Crippen LogP contribution >= 0.6 is 23.2 Å². The molecule has 1 aliphatic rings. The summed E-state index contributed by atoms with van der Waals surface area (Å²) < 4.78 is 26.6. The van der Waals surface area contributed by atoms with E-state index in [1.807, 2.05) is 61.5 Å². The molecule has 0 saturated heterocycles. The maximum absolute atomic E-state index is 14.0. The number of aryl methyl sites for hydroxylation is 1. The Morgan fingerprint density at radius 2 is 1.65 bits per heavy atom. The molecule has 1 saturated carbocycles. The Morgan fingerprint density at radius 3 is 2.33 bits per heavy atom. The molecule has 0 aromatic heterocycles. The number of anilines is 1. The molecule has 0 spiro atoms. The second-order valence-electron chi connectivity index (χ2n) is 11.2. The van der Waals surface area contributed by atoms with Crippen LogP contribution < -0.4 is 9.62 Å². The van der Waals surface area contributed by atoms with Gasteiger partial charge in [0, 0.05) is 37.0 Å². The zero-order chi connectivity index (χ0) is 31.0. The van der Waals surface area contributed by atoms with Gasteiger partial charge in [0.1, 0.15) is 6.04 Å². The summed E-state index contributed by atoms with van der Waals surface area (Å²) in [7, 11) is -3.71. The van der Waals surface area contributed by atoms with Crippen molar-refractivity contribution in [2.45, 2.75) is 70.5 Å². The molecule has 0 heterocycles. The summed E-state index contributed by atoms with van der Waals surface area (Å²) in [6.45, 7) is 2.28. The fraction of sp³-hybridized carbons (Fsp3) is 0.394. The summed E-state index contributed by atoms with van der Waals surface area (Å²) in [5.41, 5.74) is 3.19. The Balaban J connectivity index is 1.60. The number of halogens is 2. The van der Waals surface area contributed by atoms with Crippen molar-refractivity contribution in [1.29, 1.82) is 0 Å². The highest BCUT2D eigenvalue weighted by atomic mass is 35.5. The third-order valence-electron chi connectivity index (χ3n) is 7.74. The Bertz CT molecular complexity index is 1510. The van der Waals surface area contributed by atoms with Crippen molar-refractivity contribution in [3.8, 4) is 0 Å². The molecule has 3 aromatic carbocycles. The number of carbonyl (C=O) groups is 2. The average molecular weight is 645 g/mol.